The maximum absolute atomic E-state index is 12.0. The van der Waals surface area contributed by atoms with Crippen LogP contribution in [-0.2, 0) is 9.53 Å². The summed E-state index contributed by atoms with van der Waals surface area (Å²) in [5.74, 6) is -0.505. The van der Waals surface area contributed by atoms with Crippen LogP contribution >= 0.6 is 0 Å². The molecule has 2 N–H and O–H groups in total. The Kier molecular flexibility index (Phi) is 4.69. The number of nitrogens with zero attached hydrogens (tertiary/aromatic N) is 2. The van der Waals surface area contributed by atoms with Gasteiger partial charge >= 0.3 is 0 Å². The molecule has 1 aliphatic rings. The zero-order valence-electron chi connectivity index (χ0n) is 10.9. The first kappa shape index (κ1) is 14.5. The minimum Gasteiger partial charge on any atom is -0.385 e. The average molecular weight is 276 g/mol. The Morgan fingerprint density at radius 3 is 2.40 bits per heavy atom. The molecule has 0 saturated carbocycles. The molecular formula is C14H16N2O4. The lowest BCUT2D eigenvalue weighted by Crippen LogP contribution is -2.47. The summed E-state index contributed by atoms with van der Waals surface area (Å²) < 4.78 is 5.13. The molecule has 20 heavy (non-hydrogen) atoms. The van der Waals surface area contributed by atoms with Crippen molar-refractivity contribution in [3.05, 3.63) is 41.2 Å². The van der Waals surface area contributed by atoms with E-state index in [1.54, 1.807) is 0 Å². The van der Waals surface area contributed by atoms with E-state index in [0.717, 1.165) is 0 Å². The van der Waals surface area contributed by atoms with Crippen molar-refractivity contribution in [2.24, 2.45) is 0 Å². The minimum atomic E-state index is -1.51. The second-order valence-electron chi connectivity index (χ2n) is 4.53. The van der Waals surface area contributed by atoms with Crippen molar-refractivity contribution in [1.29, 1.82) is 0 Å². The van der Waals surface area contributed by atoms with E-state index in [4.69, 9.17) is 11.3 Å². The van der Waals surface area contributed by atoms with Gasteiger partial charge in [-0.25, -0.2) is 4.85 Å². The standard InChI is InChI=1S/C14H16N2O4/c1-15-11-4-2-10(3-5-11)12(17)13(18)14(19)16-6-8-20-9-7-16/h2-5,12-13,17-18H,6-9H2/t12-,13+/m1/s1. The van der Waals surface area contributed by atoms with Gasteiger partial charge in [0.15, 0.2) is 11.8 Å². The highest BCUT2D eigenvalue weighted by atomic mass is 16.5. The molecule has 0 bridgehead atoms. The van der Waals surface area contributed by atoms with E-state index in [0.29, 0.717) is 37.6 Å². The van der Waals surface area contributed by atoms with E-state index in [1.165, 1.54) is 29.2 Å². The van der Waals surface area contributed by atoms with Gasteiger partial charge in [0.25, 0.3) is 5.91 Å². The second kappa shape index (κ2) is 6.48. The molecule has 0 aliphatic carbocycles. The number of morpholine rings is 1. The van der Waals surface area contributed by atoms with E-state index >= 15 is 0 Å². The first-order chi connectivity index (χ1) is 9.63. The molecule has 1 aliphatic heterocycles. The first-order valence-corrected chi connectivity index (χ1v) is 6.33. The van der Waals surface area contributed by atoms with Crippen molar-refractivity contribution in [2.75, 3.05) is 26.3 Å². The third kappa shape index (κ3) is 3.14. The van der Waals surface area contributed by atoms with Gasteiger partial charge in [-0.3, -0.25) is 4.79 Å². The Morgan fingerprint density at radius 1 is 1.25 bits per heavy atom. The van der Waals surface area contributed by atoms with Gasteiger partial charge in [0, 0.05) is 13.1 Å². The third-order valence-corrected chi connectivity index (χ3v) is 3.24. The van der Waals surface area contributed by atoms with Crippen LogP contribution in [0.5, 0.6) is 0 Å². The molecule has 106 valence electrons. The molecule has 6 nitrogen and oxygen atoms in total. The van der Waals surface area contributed by atoms with Crippen molar-refractivity contribution >= 4 is 11.6 Å². The molecule has 0 unspecified atom stereocenters. The molecule has 6 heteroatoms. The van der Waals surface area contributed by atoms with Crippen LogP contribution in [0.25, 0.3) is 4.85 Å². The van der Waals surface area contributed by atoms with Crippen LogP contribution in [0.3, 0.4) is 0 Å². The summed E-state index contributed by atoms with van der Waals surface area (Å²) in [7, 11) is 0. The monoisotopic (exact) mass is 276 g/mol. The van der Waals surface area contributed by atoms with E-state index in [2.05, 4.69) is 4.85 Å². The second-order valence-corrected chi connectivity index (χ2v) is 4.53. The van der Waals surface area contributed by atoms with Crippen LogP contribution in [0.4, 0.5) is 5.69 Å². The largest absolute Gasteiger partial charge is 0.385 e. The summed E-state index contributed by atoms with van der Waals surface area (Å²) in [6.07, 6.45) is -2.81. The molecule has 1 heterocycles. The van der Waals surface area contributed by atoms with E-state index in [1.807, 2.05) is 0 Å². The summed E-state index contributed by atoms with van der Waals surface area (Å²) in [5.41, 5.74) is 0.849. The maximum Gasteiger partial charge on any atom is 0.254 e. The Labute approximate surface area is 117 Å². The van der Waals surface area contributed by atoms with Crippen LogP contribution in [0, 0.1) is 6.57 Å². The van der Waals surface area contributed by atoms with Crippen molar-refractivity contribution in [3.8, 4) is 0 Å². The van der Waals surface area contributed by atoms with Crippen molar-refractivity contribution in [1.82, 2.24) is 4.90 Å². The molecule has 1 amide bonds. The Hall–Kier alpha value is -1.94. The molecule has 2 atom stereocenters. The van der Waals surface area contributed by atoms with E-state index < -0.39 is 18.1 Å². The SMILES string of the molecule is [C-]#[N+]c1ccc([C@@H](O)[C@H](O)C(=O)N2CCOCC2)cc1. The number of amides is 1. The fourth-order valence-corrected chi connectivity index (χ4v) is 2.03. The van der Waals surface area contributed by atoms with Crippen LogP contribution < -0.4 is 0 Å². The highest BCUT2D eigenvalue weighted by molar-refractivity contribution is 5.81. The molecule has 1 fully saturated rings. The number of carbonyl (C=O) groups is 1. The summed E-state index contributed by atoms with van der Waals surface area (Å²) in [5, 5.41) is 20.0. The van der Waals surface area contributed by atoms with Gasteiger partial charge in [0.2, 0.25) is 0 Å². The molecule has 1 aromatic carbocycles. The van der Waals surface area contributed by atoms with E-state index in [-0.39, 0.29) is 0 Å². The van der Waals surface area contributed by atoms with Gasteiger partial charge in [-0.1, -0.05) is 24.3 Å². The first-order valence-electron chi connectivity index (χ1n) is 6.33. The highest BCUT2D eigenvalue weighted by Crippen LogP contribution is 2.22. The van der Waals surface area contributed by atoms with E-state index in [9.17, 15) is 15.0 Å². The molecule has 0 spiro atoms. The number of benzene rings is 1. The topological polar surface area (TPSA) is 74.4 Å². The number of rotatable bonds is 3. The van der Waals surface area contributed by atoms with Crippen molar-refractivity contribution in [3.63, 3.8) is 0 Å². The third-order valence-electron chi connectivity index (χ3n) is 3.24. The molecule has 0 aromatic heterocycles. The van der Waals surface area contributed by atoms with Crippen LogP contribution in [-0.4, -0.2) is 53.4 Å². The number of hydrogen-bond acceptors (Lipinski definition) is 4. The van der Waals surface area contributed by atoms with Crippen LogP contribution in [0.1, 0.15) is 11.7 Å². The Morgan fingerprint density at radius 2 is 1.85 bits per heavy atom. The summed E-state index contributed by atoms with van der Waals surface area (Å²) in [6.45, 7) is 8.56. The minimum absolute atomic E-state index is 0.409. The number of aliphatic hydroxyl groups excluding tert-OH is 2. The lowest BCUT2D eigenvalue weighted by molar-refractivity contribution is -0.150. The number of carbonyl (C=O) groups excluding carboxylic acids is 1. The molecule has 1 aromatic rings. The lowest BCUT2D eigenvalue weighted by atomic mass is 10.0. The zero-order valence-corrected chi connectivity index (χ0v) is 10.9. The van der Waals surface area contributed by atoms with Crippen LogP contribution in [0.15, 0.2) is 24.3 Å². The van der Waals surface area contributed by atoms with Gasteiger partial charge in [0.05, 0.1) is 19.8 Å². The fraction of sp³-hybridized carbons (Fsp3) is 0.429. The number of aliphatic hydroxyl groups is 2. The quantitative estimate of drug-likeness (QED) is 0.788. The highest BCUT2D eigenvalue weighted by Gasteiger charge is 2.30. The number of ether oxygens (including phenoxy) is 1. The lowest BCUT2D eigenvalue weighted by Gasteiger charge is -2.30. The maximum atomic E-state index is 12.0. The van der Waals surface area contributed by atoms with Gasteiger partial charge in [-0.05, 0) is 5.56 Å². The normalized spacial score (nSPS) is 18.1. The van der Waals surface area contributed by atoms with Crippen molar-refractivity contribution in [2.45, 2.75) is 12.2 Å². The Balaban J connectivity index is 2.04. The molecule has 0 radical (unpaired) electrons. The smallest absolute Gasteiger partial charge is 0.254 e. The van der Waals surface area contributed by atoms with Gasteiger partial charge in [0.1, 0.15) is 6.10 Å². The summed E-state index contributed by atoms with van der Waals surface area (Å²) in [4.78, 5) is 16.8. The van der Waals surface area contributed by atoms with Crippen molar-refractivity contribution < 1.29 is 19.7 Å². The van der Waals surface area contributed by atoms with Gasteiger partial charge < -0.3 is 19.8 Å². The van der Waals surface area contributed by atoms with Gasteiger partial charge in [-0.2, -0.15) is 0 Å². The summed E-state index contributed by atoms with van der Waals surface area (Å²) in [6, 6.07) is 6.15. The fourth-order valence-electron chi connectivity index (χ4n) is 2.03. The van der Waals surface area contributed by atoms with Gasteiger partial charge in [-0.15, -0.1) is 0 Å². The predicted molar refractivity (Wildman–Crippen MR) is 71.1 cm³/mol. The molecule has 1 saturated heterocycles. The average Bonchev–Trinajstić information content (AvgIpc) is 2.53. The number of hydrogen-bond donors (Lipinski definition) is 2. The Bertz CT molecular complexity index is 503. The van der Waals surface area contributed by atoms with Crippen LogP contribution in [0.2, 0.25) is 0 Å². The zero-order chi connectivity index (χ0) is 14.5. The summed E-state index contributed by atoms with van der Waals surface area (Å²) >= 11 is 0. The predicted octanol–water partition coefficient (Wildman–Crippen LogP) is 0.490. The molecular weight excluding hydrogens is 260 g/mol. The molecule has 2 rings (SSSR count).